The SMILES string of the molecule is Cc1ccc(O[C@H](C)C(=O)N[C@@H](C)c2ccccc2)cc1C. The van der Waals surface area contributed by atoms with Crippen molar-refractivity contribution in [2.75, 3.05) is 0 Å². The molecule has 0 aliphatic rings. The molecule has 3 heteroatoms. The molecular formula is C19H23NO2. The number of nitrogens with one attached hydrogen (secondary N) is 1. The maximum atomic E-state index is 12.2. The summed E-state index contributed by atoms with van der Waals surface area (Å²) in [4.78, 5) is 12.2. The highest BCUT2D eigenvalue weighted by molar-refractivity contribution is 5.81. The van der Waals surface area contributed by atoms with Crippen molar-refractivity contribution in [1.29, 1.82) is 0 Å². The van der Waals surface area contributed by atoms with Crippen LogP contribution in [0.25, 0.3) is 0 Å². The van der Waals surface area contributed by atoms with Crippen LogP contribution >= 0.6 is 0 Å². The average Bonchev–Trinajstić information content (AvgIpc) is 2.51. The quantitative estimate of drug-likeness (QED) is 0.907. The van der Waals surface area contributed by atoms with E-state index in [-0.39, 0.29) is 11.9 Å². The summed E-state index contributed by atoms with van der Waals surface area (Å²) in [6.07, 6.45) is -0.534. The first kappa shape index (κ1) is 16.1. The molecule has 2 rings (SSSR count). The van der Waals surface area contributed by atoms with Crippen LogP contribution < -0.4 is 10.1 Å². The van der Waals surface area contributed by atoms with Crippen LogP contribution in [0.5, 0.6) is 5.75 Å². The van der Waals surface area contributed by atoms with Crippen molar-refractivity contribution in [3.05, 3.63) is 65.2 Å². The molecule has 3 nitrogen and oxygen atoms in total. The first-order valence-corrected chi connectivity index (χ1v) is 7.56. The minimum Gasteiger partial charge on any atom is -0.481 e. The Kier molecular flexibility index (Phi) is 5.21. The molecular weight excluding hydrogens is 274 g/mol. The van der Waals surface area contributed by atoms with Crippen molar-refractivity contribution in [2.24, 2.45) is 0 Å². The predicted molar refractivity (Wildman–Crippen MR) is 89.0 cm³/mol. The van der Waals surface area contributed by atoms with E-state index in [1.165, 1.54) is 5.56 Å². The molecule has 22 heavy (non-hydrogen) atoms. The van der Waals surface area contributed by atoms with E-state index in [2.05, 4.69) is 12.2 Å². The Bertz CT molecular complexity index is 637. The molecule has 1 amide bonds. The van der Waals surface area contributed by atoms with Gasteiger partial charge in [0.05, 0.1) is 6.04 Å². The summed E-state index contributed by atoms with van der Waals surface area (Å²) in [6, 6.07) is 15.7. The second kappa shape index (κ2) is 7.12. The molecule has 0 spiro atoms. The highest BCUT2D eigenvalue weighted by Crippen LogP contribution is 2.18. The van der Waals surface area contributed by atoms with Crippen LogP contribution in [0.3, 0.4) is 0 Å². The minimum absolute atomic E-state index is 0.0421. The largest absolute Gasteiger partial charge is 0.481 e. The van der Waals surface area contributed by atoms with Gasteiger partial charge in [-0.1, -0.05) is 36.4 Å². The lowest BCUT2D eigenvalue weighted by molar-refractivity contribution is -0.127. The van der Waals surface area contributed by atoms with Gasteiger partial charge < -0.3 is 10.1 Å². The van der Waals surface area contributed by atoms with Gasteiger partial charge in [-0.25, -0.2) is 0 Å². The summed E-state index contributed by atoms with van der Waals surface area (Å²) in [5.41, 5.74) is 3.44. The fourth-order valence-electron chi connectivity index (χ4n) is 2.20. The van der Waals surface area contributed by atoms with Gasteiger partial charge in [0.1, 0.15) is 5.75 Å². The van der Waals surface area contributed by atoms with Crippen molar-refractivity contribution in [2.45, 2.75) is 39.8 Å². The number of rotatable bonds is 5. The number of carbonyl (C=O) groups is 1. The zero-order valence-corrected chi connectivity index (χ0v) is 13.6. The molecule has 0 bridgehead atoms. The first-order chi connectivity index (χ1) is 10.5. The van der Waals surface area contributed by atoms with Crippen molar-refractivity contribution in [3.63, 3.8) is 0 Å². The Balaban J connectivity index is 1.95. The van der Waals surface area contributed by atoms with E-state index in [1.54, 1.807) is 6.92 Å². The van der Waals surface area contributed by atoms with Crippen LogP contribution in [0, 0.1) is 13.8 Å². The fraction of sp³-hybridized carbons (Fsp3) is 0.316. The lowest BCUT2D eigenvalue weighted by atomic mass is 10.1. The second-order valence-corrected chi connectivity index (χ2v) is 5.65. The number of aryl methyl sites for hydroxylation is 2. The monoisotopic (exact) mass is 297 g/mol. The topological polar surface area (TPSA) is 38.3 Å². The smallest absolute Gasteiger partial charge is 0.261 e. The van der Waals surface area contributed by atoms with Gasteiger partial charge in [0, 0.05) is 0 Å². The molecule has 0 radical (unpaired) electrons. The van der Waals surface area contributed by atoms with E-state index in [0.717, 1.165) is 16.9 Å². The molecule has 0 saturated carbocycles. The Morgan fingerprint density at radius 2 is 1.68 bits per heavy atom. The van der Waals surface area contributed by atoms with E-state index in [1.807, 2.05) is 62.4 Å². The number of benzene rings is 2. The summed E-state index contributed by atoms with van der Waals surface area (Å²) < 4.78 is 5.74. The third-order valence-corrected chi connectivity index (χ3v) is 3.82. The predicted octanol–water partition coefficient (Wildman–Crippen LogP) is 3.95. The molecule has 0 saturated heterocycles. The Hall–Kier alpha value is -2.29. The average molecular weight is 297 g/mol. The molecule has 2 aromatic carbocycles. The van der Waals surface area contributed by atoms with Gasteiger partial charge in [-0.3, -0.25) is 4.79 Å². The molecule has 0 fully saturated rings. The summed E-state index contributed by atoms with van der Waals surface area (Å²) in [6.45, 7) is 7.82. The van der Waals surface area contributed by atoms with E-state index in [0.29, 0.717) is 0 Å². The summed E-state index contributed by atoms with van der Waals surface area (Å²) >= 11 is 0. The Labute approximate surface area is 132 Å². The van der Waals surface area contributed by atoms with Gasteiger partial charge in [-0.05, 0) is 56.5 Å². The molecule has 0 aliphatic heterocycles. The van der Waals surface area contributed by atoms with E-state index in [4.69, 9.17) is 4.74 Å². The summed E-state index contributed by atoms with van der Waals surface area (Å²) in [5.74, 6) is 0.604. The van der Waals surface area contributed by atoms with Gasteiger partial charge >= 0.3 is 0 Å². The molecule has 0 heterocycles. The van der Waals surface area contributed by atoms with Gasteiger partial charge in [0.15, 0.2) is 6.10 Å². The molecule has 116 valence electrons. The highest BCUT2D eigenvalue weighted by Gasteiger charge is 2.17. The fourth-order valence-corrected chi connectivity index (χ4v) is 2.20. The van der Waals surface area contributed by atoms with E-state index >= 15 is 0 Å². The molecule has 1 N–H and O–H groups in total. The van der Waals surface area contributed by atoms with Crippen LogP contribution in [-0.2, 0) is 4.79 Å². The van der Waals surface area contributed by atoms with Crippen LogP contribution in [0.1, 0.15) is 36.6 Å². The molecule has 0 aromatic heterocycles. The number of hydrogen-bond acceptors (Lipinski definition) is 2. The number of hydrogen-bond donors (Lipinski definition) is 1. The third kappa shape index (κ3) is 4.10. The lowest BCUT2D eigenvalue weighted by Crippen LogP contribution is -2.37. The first-order valence-electron chi connectivity index (χ1n) is 7.56. The maximum absolute atomic E-state index is 12.2. The van der Waals surface area contributed by atoms with Crippen molar-refractivity contribution >= 4 is 5.91 Å². The van der Waals surface area contributed by atoms with E-state index in [9.17, 15) is 4.79 Å². The maximum Gasteiger partial charge on any atom is 0.261 e. The lowest BCUT2D eigenvalue weighted by Gasteiger charge is -2.19. The van der Waals surface area contributed by atoms with Gasteiger partial charge in [0.2, 0.25) is 0 Å². The molecule has 2 aromatic rings. The van der Waals surface area contributed by atoms with Gasteiger partial charge in [-0.15, -0.1) is 0 Å². The Morgan fingerprint density at radius 1 is 1.00 bits per heavy atom. The molecule has 2 atom stereocenters. The number of amides is 1. The Morgan fingerprint density at radius 3 is 2.32 bits per heavy atom. The zero-order valence-electron chi connectivity index (χ0n) is 13.6. The van der Waals surface area contributed by atoms with Crippen LogP contribution in [0.15, 0.2) is 48.5 Å². The standard InChI is InChI=1S/C19H23NO2/c1-13-10-11-18(12-14(13)2)22-16(4)19(21)20-15(3)17-8-6-5-7-9-17/h5-12,15-16H,1-4H3,(H,20,21)/t15-,16+/m0/s1. The highest BCUT2D eigenvalue weighted by atomic mass is 16.5. The van der Waals surface area contributed by atoms with Gasteiger partial charge in [-0.2, -0.15) is 0 Å². The number of ether oxygens (including phenoxy) is 1. The van der Waals surface area contributed by atoms with Crippen molar-refractivity contribution in [1.82, 2.24) is 5.32 Å². The molecule has 0 unspecified atom stereocenters. The normalized spacial score (nSPS) is 13.3. The second-order valence-electron chi connectivity index (χ2n) is 5.65. The zero-order chi connectivity index (χ0) is 16.1. The van der Waals surface area contributed by atoms with Crippen molar-refractivity contribution in [3.8, 4) is 5.75 Å². The van der Waals surface area contributed by atoms with Crippen molar-refractivity contribution < 1.29 is 9.53 Å². The summed E-state index contributed by atoms with van der Waals surface area (Å²) in [7, 11) is 0. The molecule has 0 aliphatic carbocycles. The van der Waals surface area contributed by atoms with Gasteiger partial charge in [0.25, 0.3) is 5.91 Å². The van der Waals surface area contributed by atoms with Crippen LogP contribution in [0.4, 0.5) is 0 Å². The van der Waals surface area contributed by atoms with Crippen LogP contribution in [0.2, 0.25) is 0 Å². The minimum atomic E-state index is -0.534. The summed E-state index contributed by atoms with van der Waals surface area (Å²) in [5, 5.41) is 2.98. The third-order valence-electron chi connectivity index (χ3n) is 3.82. The van der Waals surface area contributed by atoms with Crippen LogP contribution in [-0.4, -0.2) is 12.0 Å². The van der Waals surface area contributed by atoms with E-state index < -0.39 is 6.10 Å². The number of carbonyl (C=O) groups excluding carboxylic acids is 1.